The Morgan fingerprint density at radius 3 is 2.72 bits per heavy atom. The minimum atomic E-state index is 0.406. The molecule has 0 saturated heterocycles. The van der Waals surface area contributed by atoms with Gasteiger partial charge in [0.15, 0.2) is 0 Å². The third kappa shape index (κ3) is 5.78. The molecule has 0 radical (unpaired) electrons. The molecule has 0 spiro atoms. The van der Waals surface area contributed by atoms with E-state index in [1.54, 1.807) is 0 Å². The van der Waals surface area contributed by atoms with Gasteiger partial charge in [-0.15, -0.1) is 0 Å². The van der Waals surface area contributed by atoms with E-state index in [9.17, 15) is 0 Å². The quantitative estimate of drug-likeness (QED) is 0.786. The average Bonchev–Trinajstić information content (AvgIpc) is 2.26. The molecule has 1 atom stereocenters. The molecule has 1 aromatic heterocycles. The van der Waals surface area contributed by atoms with Crippen LogP contribution < -0.4 is 5.32 Å². The molecule has 1 rings (SSSR count). The Bertz CT molecular complexity index is 368. The smallest absolute Gasteiger partial charge is 0.132 e. The van der Waals surface area contributed by atoms with Crippen LogP contribution >= 0.6 is 15.9 Å². The summed E-state index contributed by atoms with van der Waals surface area (Å²) in [4.78, 5) is 11.1. The van der Waals surface area contributed by atoms with Gasteiger partial charge in [0.1, 0.15) is 16.2 Å². The molecule has 0 bridgehead atoms. The molecular weight excluding hydrogens is 292 g/mol. The van der Waals surface area contributed by atoms with Crippen LogP contribution in [0.1, 0.15) is 32.5 Å². The molecule has 0 aliphatic carbocycles. The van der Waals surface area contributed by atoms with E-state index in [1.807, 2.05) is 6.07 Å². The fourth-order valence-electron chi connectivity index (χ4n) is 1.65. The number of aromatic nitrogens is 2. The normalized spacial score (nSPS) is 12.8. The van der Waals surface area contributed by atoms with Crippen molar-refractivity contribution in [2.75, 3.05) is 26.0 Å². The monoisotopic (exact) mass is 314 g/mol. The Kier molecular flexibility index (Phi) is 6.57. The topological polar surface area (TPSA) is 41.1 Å². The Morgan fingerprint density at radius 2 is 2.11 bits per heavy atom. The van der Waals surface area contributed by atoms with Gasteiger partial charge in [-0.2, -0.15) is 0 Å². The largest absolute Gasteiger partial charge is 0.367 e. The molecule has 0 aliphatic rings. The Morgan fingerprint density at radius 1 is 1.39 bits per heavy atom. The summed E-state index contributed by atoms with van der Waals surface area (Å²) < 4.78 is 0.850. The van der Waals surface area contributed by atoms with E-state index in [1.165, 1.54) is 0 Å². The van der Waals surface area contributed by atoms with E-state index in [0.29, 0.717) is 6.04 Å². The lowest BCUT2D eigenvalue weighted by Crippen LogP contribution is -2.23. The van der Waals surface area contributed by atoms with Crippen LogP contribution in [0.2, 0.25) is 0 Å². The number of nitrogens with one attached hydrogen (secondary N) is 1. The van der Waals surface area contributed by atoms with Crippen molar-refractivity contribution in [2.45, 2.75) is 39.2 Å². The van der Waals surface area contributed by atoms with Crippen molar-refractivity contribution < 1.29 is 0 Å². The second-order valence-corrected chi connectivity index (χ2v) is 5.69. The molecule has 1 N–H and O–H groups in total. The first-order chi connectivity index (χ1) is 8.51. The number of aryl methyl sites for hydroxylation is 1. The van der Waals surface area contributed by atoms with Crippen LogP contribution in [-0.4, -0.2) is 41.5 Å². The van der Waals surface area contributed by atoms with E-state index in [0.717, 1.165) is 42.1 Å². The van der Waals surface area contributed by atoms with Crippen molar-refractivity contribution in [3.63, 3.8) is 0 Å². The van der Waals surface area contributed by atoms with Crippen LogP contribution in [0.5, 0.6) is 0 Å². The summed E-state index contributed by atoms with van der Waals surface area (Å²) in [5, 5.41) is 3.43. The molecule has 4 nitrogen and oxygen atoms in total. The summed E-state index contributed by atoms with van der Waals surface area (Å²) >= 11 is 3.44. The summed E-state index contributed by atoms with van der Waals surface area (Å²) in [7, 11) is 4.18. The van der Waals surface area contributed by atoms with Gasteiger partial charge in [0, 0.05) is 18.5 Å². The molecular formula is C13H23BrN4. The molecule has 0 saturated carbocycles. The Labute approximate surface area is 118 Å². The SMILES string of the molecule is CCCc1nc(Br)cc(NC(C)CCN(C)C)n1. The van der Waals surface area contributed by atoms with Gasteiger partial charge < -0.3 is 10.2 Å². The summed E-state index contributed by atoms with van der Waals surface area (Å²) in [6.07, 6.45) is 3.07. The second kappa shape index (κ2) is 7.69. The van der Waals surface area contributed by atoms with Crippen molar-refractivity contribution in [3.05, 3.63) is 16.5 Å². The van der Waals surface area contributed by atoms with Gasteiger partial charge in [-0.3, -0.25) is 0 Å². The van der Waals surface area contributed by atoms with E-state index in [2.05, 4.69) is 64.1 Å². The van der Waals surface area contributed by atoms with Gasteiger partial charge in [-0.1, -0.05) is 6.92 Å². The van der Waals surface area contributed by atoms with E-state index in [4.69, 9.17) is 0 Å². The molecule has 0 fully saturated rings. The first-order valence-electron chi connectivity index (χ1n) is 6.46. The highest BCUT2D eigenvalue weighted by atomic mass is 79.9. The first kappa shape index (κ1) is 15.4. The van der Waals surface area contributed by atoms with Gasteiger partial charge in [0.2, 0.25) is 0 Å². The number of anilines is 1. The standard InChI is InChI=1S/C13H23BrN4/c1-5-6-12-16-11(14)9-13(17-12)15-10(2)7-8-18(3)4/h9-10H,5-8H2,1-4H3,(H,15,16,17). The Hall–Kier alpha value is -0.680. The molecule has 18 heavy (non-hydrogen) atoms. The zero-order valence-electron chi connectivity index (χ0n) is 11.7. The fourth-order valence-corrected chi connectivity index (χ4v) is 2.07. The maximum Gasteiger partial charge on any atom is 0.132 e. The number of hydrogen-bond donors (Lipinski definition) is 1. The lowest BCUT2D eigenvalue weighted by Gasteiger charge is -2.17. The highest BCUT2D eigenvalue weighted by Crippen LogP contribution is 2.14. The van der Waals surface area contributed by atoms with Crippen molar-refractivity contribution in [1.29, 1.82) is 0 Å². The van der Waals surface area contributed by atoms with E-state index in [-0.39, 0.29) is 0 Å². The van der Waals surface area contributed by atoms with Crippen LogP contribution in [0.4, 0.5) is 5.82 Å². The predicted molar refractivity (Wildman–Crippen MR) is 80.0 cm³/mol. The minimum Gasteiger partial charge on any atom is -0.367 e. The van der Waals surface area contributed by atoms with Crippen LogP contribution in [0.3, 0.4) is 0 Å². The Balaban J connectivity index is 2.60. The molecule has 1 unspecified atom stereocenters. The van der Waals surface area contributed by atoms with Crippen LogP contribution in [0, 0.1) is 0 Å². The highest BCUT2D eigenvalue weighted by molar-refractivity contribution is 9.10. The molecule has 102 valence electrons. The second-order valence-electron chi connectivity index (χ2n) is 4.88. The zero-order valence-corrected chi connectivity index (χ0v) is 13.3. The first-order valence-corrected chi connectivity index (χ1v) is 7.25. The van der Waals surface area contributed by atoms with E-state index < -0.39 is 0 Å². The van der Waals surface area contributed by atoms with Gasteiger partial charge >= 0.3 is 0 Å². The van der Waals surface area contributed by atoms with Gasteiger partial charge in [-0.05, 0) is 56.3 Å². The fraction of sp³-hybridized carbons (Fsp3) is 0.692. The van der Waals surface area contributed by atoms with Crippen molar-refractivity contribution in [3.8, 4) is 0 Å². The van der Waals surface area contributed by atoms with Gasteiger partial charge in [0.25, 0.3) is 0 Å². The zero-order chi connectivity index (χ0) is 13.5. The van der Waals surface area contributed by atoms with Crippen LogP contribution in [0.25, 0.3) is 0 Å². The summed E-state index contributed by atoms with van der Waals surface area (Å²) in [6, 6.07) is 2.34. The number of nitrogens with zero attached hydrogens (tertiary/aromatic N) is 3. The van der Waals surface area contributed by atoms with Crippen molar-refractivity contribution >= 4 is 21.7 Å². The molecule has 1 aromatic rings. The highest BCUT2D eigenvalue weighted by Gasteiger charge is 2.06. The molecule has 5 heteroatoms. The predicted octanol–water partition coefficient (Wildman–Crippen LogP) is 2.94. The third-order valence-corrected chi connectivity index (χ3v) is 3.02. The van der Waals surface area contributed by atoms with E-state index >= 15 is 0 Å². The third-order valence-electron chi connectivity index (χ3n) is 2.62. The molecule has 0 aromatic carbocycles. The van der Waals surface area contributed by atoms with Gasteiger partial charge in [-0.25, -0.2) is 9.97 Å². The maximum absolute atomic E-state index is 4.52. The van der Waals surface area contributed by atoms with Crippen LogP contribution in [0.15, 0.2) is 10.7 Å². The molecule has 1 heterocycles. The number of halogens is 1. The number of rotatable bonds is 7. The van der Waals surface area contributed by atoms with Crippen molar-refractivity contribution in [1.82, 2.24) is 14.9 Å². The molecule has 0 aliphatic heterocycles. The molecule has 0 amide bonds. The minimum absolute atomic E-state index is 0.406. The van der Waals surface area contributed by atoms with Crippen molar-refractivity contribution in [2.24, 2.45) is 0 Å². The average molecular weight is 315 g/mol. The summed E-state index contributed by atoms with van der Waals surface area (Å²) in [6.45, 7) is 5.39. The van der Waals surface area contributed by atoms with Crippen LogP contribution in [-0.2, 0) is 6.42 Å². The lowest BCUT2D eigenvalue weighted by atomic mass is 10.2. The summed E-state index contributed by atoms with van der Waals surface area (Å²) in [5.74, 6) is 1.81. The maximum atomic E-state index is 4.52. The van der Waals surface area contributed by atoms with Gasteiger partial charge in [0.05, 0.1) is 0 Å². The number of hydrogen-bond acceptors (Lipinski definition) is 4. The summed E-state index contributed by atoms with van der Waals surface area (Å²) in [5.41, 5.74) is 0. The lowest BCUT2D eigenvalue weighted by molar-refractivity contribution is 0.390.